The largest absolute Gasteiger partial charge is 0.337 e. The van der Waals surface area contributed by atoms with E-state index in [9.17, 15) is 13.2 Å². The number of nitrogens with zero attached hydrogens (tertiary/aromatic N) is 1. The first-order chi connectivity index (χ1) is 9.20. The average Bonchev–Trinajstić information content (AvgIpc) is 2.26. The van der Waals surface area contributed by atoms with E-state index in [2.05, 4.69) is 10.6 Å². The second-order valence-electron chi connectivity index (χ2n) is 4.94. The molecule has 0 heterocycles. The van der Waals surface area contributed by atoms with E-state index in [-0.39, 0.29) is 10.9 Å². The Balaban J connectivity index is 2.66. The number of amides is 2. The lowest BCUT2D eigenvalue weighted by Crippen LogP contribution is -2.34. The van der Waals surface area contributed by atoms with Gasteiger partial charge in [0, 0.05) is 25.0 Å². The molecule has 0 atom stereocenters. The molecule has 2 N–H and O–H groups in total. The smallest absolute Gasteiger partial charge is 0.319 e. The lowest BCUT2D eigenvalue weighted by Gasteiger charge is -2.12. The molecule has 0 radical (unpaired) electrons. The number of hydrogen-bond donors (Lipinski definition) is 2. The van der Waals surface area contributed by atoms with Gasteiger partial charge in [-0.3, -0.25) is 0 Å². The Hall–Kier alpha value is -1.60. The Labute approximate surface area is 120 Å². The van der Waals surface area contributed by atoms with E-state index in [0.717, 1.165) is 12.8 Å². The van der Waals surface area contributed by atoms with Gasteiger partial charge in [-0.1, -0.05) is 0 Å². The molecule has 0 aliphatic rings. The van der Waals surface area contributed by atoms with Crippen molar-refractivity contribution < 1.29 is 13.2 Å². The molecule has 0 unspecified atom stereocenters. The van der Waals surface area contributed by atoms with Gasteiger partial charge in [0.1, 0.15) is 0 Å². The van der Waals surface area contributed by atoms with Gasteiger partial charge in [-0.25, -0.2) is 13.2 Å². The van der Waals surface area contributed by atoms with Crippen molar-refractivity contribution in [1.29, 1.82) is 0 Å². The van der Waals surface area contributed by atoms with Crippen LogP contribution in [0.4, 0.5) is 10.5 Å². The predicted molar refractivity (Wildman–Crippen MR) is 79.9 cm³/mol. The highest BCUT2D eigenvalue weighted by Crippen LogP contribution is 2.19. The van der Waals surface area contributed by atoms with Crippen LogP contribution in [0.5, 0.6) is 0 Å². The van der Waals surface area contributed by atoms with Gasteiger partial charge in [0.25, 0.3) is 0 Å². The summed E-state index contributed by atoms with van der Waals surface area (Å²) in [7, 11) is 0.611. The summed E-state index contributed by atoms with van der Waals surface area (Å²) in [5.74, 6) is 0. The zero-order valence-corrected chi connectivity index (χ0v) is 13.0. The number of sulfone groups is 1. The number of benzene rings is 1. The first kappa shape index (κ1) is 16.5. The minimum atomic E-state index is -3.24. The van der Waals surface area contributed by atoms with Crippen molar-refractivity contribution in [2.24, 2.45) is 0 Å². The molecule has 0 fully saturated rings. The molecule has 6 nitrogen and oxygen atoms in total. The van der Waals surface area contributed by atoms with Crippen LogP contribution in [0.3, 0.4) is 0 Å². The first-order valence-electron chi connectivity index (χ1n) is 6.20. The molecule has 112 valence electrons. The number of carbonyl (C=O) groups excluding carboxylic acids is 1. The number of anilines is 1. The summed E-state index contributed by atoms with van der Waals surface area (Å²) in [5, 5.41) is 5.39. The molecule has 1 rings (SSSR count). The van der Waals surface area contributed by atoms with E-state index in [1.165, 1.54) is 6.07 Å². The van der Waals surface area contributed by atoms with Crippen LogP contribution in [0, 0.1) is 6.92 Å². The molecule has 0 aliphatic carbocycles. The SMILES string of the molecule is Cc1cc(NC(=O)NCCN(C)C)ccc1S(C)(=O)=O. The van der Waals surface area contributed by atoms with Gasteiger partial charge >= 0.3 is 6.03 Å². The summed E-state index contributed by atoms with van der Waals surface area (Å²) < 4.78 is 23.0. The molecular weight excluding hydrogens is 278 g/mol. The van der Waals surface area contributed by atoms with Gasteiger partial charge in [0.05, 0.1) is 4.90 Å². The van der Waals surface area contributed by atoms with Gasteiger partial charge in [0.15, 0.2) is 9.84 Å². The third kappa shape index (κ3) is 5.18. The second-order valence-corrected chi connectivity index (χ2v) is 6.92. The minimum Gasteiger partial charge on any atom is -0.337 e. The van der Waals surface area contributed by atoms with Crippen LogP contribution in [-0.2, 0) is 9.84 Å². The van der Waals surface area contributed by atoms with Crippen molar-refractivity contribution in [3.63, 3.8) is 0 Å². The van der Waals surface area contributed by atoms with Crippen molar-refractivity contribution in [1.82, 2.24) is 10.2 Å². The van der Waals surface area contributed by atoms with Crippen LogP contribution < -0.4 is 10.6 Å². The number of rotatable bonds is 5. The van der Waals surface area contributed by atoms with Crippen molar-refractivity contribution in [2.45, 2.75) is 11.8 Å². The summed E-state index contributed by atoms with van der Waals surface area (Å²) in [5.41, 5.74) is 1.18. The lowest BCUT2D eigenvalue weighted by atomic mass is 10.2. The Morgan fingerprint density at radius 2 is 1.95 bits per heavy atom. The molecule has 1 aromatic carbocycles. The maximum absolute atomic E-state index is 11.6. The van der Waals surface area contributed by atoms with E-state index in [1.807, 2.05) is 19.0 Å². The molecule has 0 bridgehead atoms. The van der Waals surface area contributed by atoms with Gasteiger partial charge in [-0.15, -0.1) is 0 Å². The third-order valence-electron chi connectivity index (χ3n) is 2.68. The van der Waals surface area contributed by atoms with Crippen LogP contribution in [0.1, 0.15) is 5.56 Å². The fourth-order valence-electron chi connectivity index (χ4n) is 1.71. The number of nitrogens with one attached hydrogen (secondary N) is 2. The van der Waals surface area contributed by atoms with Crippen LogP contribution in [-0.4, -0.2) is 52.8 Å². The topological polar surface area (TPSA) is 78.5 Å². The Bertz CT molecular complexity index is 583. The summed E-state index contributed by atoms with van der Waals surface area (Å²) in [4.78, 5) is 13.9. The highest BCUT2D eigenvalue weighted by atomic mass is 32.2. The highest BCUT2D eigenvalue weighted by molar-refractivity contribution is 7.90. The van der Waals surface area contributed by atoms with Gasteiger partial charge in [0.2, 0.25) is 0 Å². The van der Waals surface area contributed by atoms with E-state index >= 15 is 0 Å². The van der Waals surface area contributed by atoms with Gasteiger partial charge in [-0.2, -0.15) is 0 Å². The van der Waals surface area contributed by atoms with Crippen LogP contribution in [0.2, 0.25) is 0 Å². The van der Waals surface area contributed by atoms with E-state index in [1.54, 1.807) is 19.1 Å². The Morgan fingerprint density at radius 1 is 1.30 bits per heavy atom. The van der Waals surface area contributed by atoms with Crippen molar-refractivity contribution in [3.05, 3.63) is 23.8 Å². The lowest BCUT2D eigenvalue weighted by molar-refractivity contribution is 0.250. The normalized spacial score (nSPS) is 11.4. The standard InChI is InChI=1S/C13H21N3O3S/c1-10-9-11(5-6-12(10)20(4,18)19)15-13(17)14-7-8-16(2)3/h5-6,9H,7-8H2,1-4H3,(H2,14,15,17). The molecule has 0 spiro atoms. The molecule has 0 saturated carbocycles. The van der Waals surface area contributed by atoms with E-state index in [0.29, 0.717) is 17.8 Å². The molecular formula is C13H21N3O3S. The number of carbonyl (C=O) groups is 1. The molecule has 2 amide bonds. The fourth-order valence-corrected chi connectivity index (χ4v) is 2.67. The number of hydrogen-bond acceptors (Lipinski definition) is 4. The summed E-state index contributed by atoms with van der Waals surface area (Å²) >= 11 is 0. The van der Waals surface area contributed by atoms with E-state index in [4.69, 9.17) is 0 Å². The highest BCUT2D eigenvalue weighted by Gasteiger charge is 2.11. The number of urea groups is 1. The molecule has 1 aromatic rings. The van der Waals surface area contributed by atoms with Gasteiger partial charge in [-0.05, 0) is 44.8 Å². The van der Waals surface area contributed by atoms with Crippen molar-refractivity contribution >= 4 is 21.6 Å². The quantitative estimate of drug-likeness (QED) is 0.853. The minimum absolute atomic E-state index is 0.274. The molecule has 0 aromatic heterocycles. The van der Waals surface area contributed by atoms with Crippen LogP contribution in [0.25, 0.3) is 0 Å². The summed E-state index contributed by atoms with van der Waals surface area (Å²) in [6, 6.07) is 4.41. The zero-order valence-electron chi connectivity index (χ0n) is 12.2. The first-order valence-corrected chi connectivity index (χ1v) is 8.09. The molecule has 0 saturated heterocycles. The summed E-state index contributed by atoms with van der Waals surface area (Å²) in [6.07, 6.45) is 1.16. The summed E-state index contributed by atoms with van der Waals surface area (Å²) in [6.45, 7) is 2.99. The predicted octanol–water partition coefficient (Wildman–Crippen LogP) is 1.08. The second kappa shape index (κ2) is 6.71. The number of likely N-dealkylation sites (N-methyl/N-ethyl adjacent to an activating group) is 1. The molecule has 0 aliphatic heterocycles. The van der Waals surface area contributed by atoms with Crippen LogP contribution in [0.15, 0.2) is 23.1 Å². The van der Waals surface area contributed by atoms with Crippen molar-refractivity contribution in [3.8, 4) is 0 Å². The molecule has 20 heavy (non-hydrogen) atoms. The molecule has 7 heteroatoms. The van der Waals surface area contributed by atoms with Gasteiger partial charge < -0.3 is 15.5 Å². The average molecular weight is 299 g/mol. The maximum atomic E-state index is 11.6. The number of aryl methyl sites for hydroxylation is 1. The Morgan fingerprint density at radius 3 is 2.45 bits per heavy atom. The third-order valence-corrected chi connectivity index (χ3v) is 3.93. The van der Waals surface area contributed by atoms with Crippen molar-refractivity contribution in [2.75, 3.05) is 38.8 Å². The Kier molecular flexibility index (Phi) is 5.52. The fraction of sp³-hybridized carbons (Fsp3) is 0.462. The monoisotopic (exact) mass is 299 g/mol. The maximum Gasteiger partial charge on any atom is 0.319 e. The zero-order chi connectivity index (χ0) is 15.3. The van der Waals surface area contributed by atoms with E-state index < -0.39 is 9.84 Å². The van der Waals surface area contributed by atoms with Crippen LogP contribution >= 0.6 is 0 Å².